The fourth-order valence-corrected chi connectivity index (χ4v) is 1.99. The van der Waals surface area contributed by atoms with Crippen LogP contribution >= 0.6 is 11.6 Å². The fourth-order valence-electron chi connectivity index (χ4n) is 1.73. The van der Waals surface area contributed by atoms with Crippen LogP contribution in [-0.4, -0.2) is 4.98 Å². The highest BCUT2D eigenvalue weighted by molar-refractivity contribution is 6.21. The van der Waals surface area contributed by atoms with Gasteiger partial charge >= 0.3 is 0 Å². The smallest absolute Gasteiger partial charge is 0.101 e. The molecule has 0 spiro atoms. The van der Waals surface area contributed by atoms with Crippen molar-refractivity contribution >= 4 is 11.6 Å². The molecule has 0 aliphatic heterocycles. The Morgan fingerprint density at radius 3 is 2.50 bits per heavy atom. The predicted octanol–water partition coefficient (Wildman–Crippen LogP) is 4.07. The molecule has 2 nitrogen and oxygen atoms in total. The number of furan rings is 1. The highest BCUT2D eigenvalue weighted by Gasteiger charge is 2.19. The zero-order chi connectivity index (χ0) is 11.5. The van der Waals surface area contributed by atoms with Gasteiger partial charge in [0.1, 0.15) is 5.76 Å². The van der Waals surface area contributed by atoms with Gasteiger partial charge in [0.2, 0.25) is 0 Å². The van der Waals surface area contributed by atoms with Gasteiger partial charge < -0.3 is 4.42 Å². The molecule has 2 aromatic rings. The summed E-state index contributed by atoms with van der Waals surface area (Å²) in [5, 5.41) is -0.0696. The Balaban J connectivity index is 2.19. The summed E-state index contributed by atoms with van der Waals surface area (Å²) in [6.45, 7) is 4.03. The summed E-state index contributed by atoms with van der Waals surface area (Å²) < 4.78 is 5.27. The quantitative estimate of drug-likeness (QED) is 0.750. The average Bonchev–Trinajstić information content (AvgIpc) is 2.75. The molecule has 2 unspecified atom stereocenters. The van der Waals surface area contributed by atoms with Crippen molar-refractivity contribution in [3.05, 3.63) is 53.7 Å². The Bertz CT molecular complexity index is 452. The molecule has 0 bridgehead atoms. The van der Waals surface area contributed by atoms with E-state index in [-0.39, 0.29) is 11.3 Å². The van der Waals surface area contributed by atoms with Gasteiger partial charge in [-0.2, -0.15) is 0 Å². The molecular weight excluding hydrogens is 222 g/mol. The molecule has 84 valence electrons. The van der Waals surface area contributed by atoms with Crippen molar-refractivity contribution in [3.63, 3.8) is 0 Å². The summed E-state index contributed by atoms with van der Waals surface area (Å²) in [6, 6.07) is 5.97. The molecule has 0 aliphatic carbocycles. The zero-order valence-corrected chi connectivity index (χ0v) is 10.1. The van der Waals surface area contributed by atoms with Crippen LogP contribution in [-0.2, 0) is 0 Å². The maximum Gasteiger partial charge on any atom is 0.101 e. The van der Waals surface area contributed by atoms with Gasteiger partial charge in [-0.1, -0.05) is 6.92 Å². The largest absolute Gasteiger partial charge is 0.469 e. The first kappa shape index (κ1) is 11.2. The lowest BCUT2D eigenvalue weighted by molar-refractivity contribution is 0.530. The maximum absolute atomic E-state index is 6.42. The van der Waals surface area contributed by atoms with Crippen molar-refractivity contribution in [2.45, 2.75) is 25.1 Å². The van der Waals surface area contributed by atoms with Crippen LogP contribution in [0.3, 0.4) is 0 Å². The molecule has 2 rings (SSSR count). The van der Waals surface area contributed by atoms with Gasteiger partial charge in [0.05, 0.1) is 11.6 Å². The third kappa shape index (κ3) is 2.27. The Hall–Kier alpha value is -1.28. The van der Waals surface area contributed by atoms with Crippen molar-refractivity contribution in [2.75, 3.05) is 0 Å². The number of nitrogens with zero attached hydrogens (tertiary/aromatic N) is 1. The Labute approximate surface area is 100 Å². The summed E-state index contributed by atoms with van der Waals surface area (Å²) in [5.74, 6) is 1.13. The van der Waals surface area contributed by atoms with E-state index in [2.05, 4.69) is 11.9 Å². The lowest BCUT2D eigenvalue weighted by atomic mass is 9.95. The number of aromatic nitrogens is 1. The van der Waals surface area contributed by atoms with Crippen LogP contribution in [0.1, 0.15) is 35.1 Å². The molecule has 0 saturated carbocycles. The van der Waals surface area contributed by atoms with E-state index in [1.165, 1.54) is 5.56 Å². The molecule has 0 aromatic carbocycles. The summed E-state index contributed by atoms with van der Waals surface area (Å²) in [5.41, 5.74) is 2.22. The Kier molecular flexibility index (Phi) is 3.30. The monoisotopic (exact) mass is 235 g/mol. The standard InChI is InChI=1S/C13H14ClNO/c1-9-7-12(8-16-9)13(14)10(2)11-3-5-15-6-4-11/h3-8,10,13H,1-2H3. The van der Waals surface area contributed by atoms with Gasteiger partial charge in [0.25, 0.3) is 0 Å². The summed E-state index contributed by atoms with van der Waals surface area (Å²) >= 11 is 6.42. The zero-order valence-electron chi connectivity index (χ0n) is 9.35. The van der Waals surface area contributed by atoms with E-state index in [1.807, 2.05) is 25.1 Å². The molecule has 0 aliphatic rings. The third-order valence-electron chi connectivity index (χ3n) is 2.74. The van der Waals surface area contributed by atoms with Gasteiger partial charge in [-0.25, -0.2) is 0 Å². The second kappa shape index (κ2) is 4.71. The van der Waals surface area contributed by atoms with E-state index in [4.69, 9.17) is 16.0 Å². The third-order valence-corrected chi connectivity index (χ3v) is 3.37. The van der Waals surface area contributed by atoms with E-state index < -0.39 is 0 Å². The van der Waals surface area contributed by atoms with Gasteiger partial charge in [-0.05, 0) is 30.7 Å². The minimum atomic E-state index is -0.0696. The lowest BCUT2D eigenvalue weighted by Gasteiger charge is -2.16. The van der Waals surface area contributed by atoms with Crippen LogP contribution in [0, 0.1) is 6.92 Å². The first-order valence-corrected chi connectivity index (χ1v) is 5.71. The summed E-state index contributed by atoms with van der Waals surface area (Å²) in [6.07, 6.45) is 5.30. The first-order chi connectivity index (χ1) is 7.68. The van der Waals surface area contributed by atoms with E-state index in [9.17, 15) is 0 Å². The number of alkyl halides is 1. The number of pyridine rings is 1. The van der Waals surface area contributed by atoms with Crippen molar-refractivity contribution in [1.82, 2.24) is 4.98 Å². The van der Waals surface area contributed by atoms with Crippen molar-refractivity contribution in [3.8, 4) is 0 Å². The van der Waals surface area contributed by atoms with E-state index >= 15 is 0 Å². The maximum atomic E-state index is 6.42. The number of hydrogen-bond donors (Lipinski definition) is 0. The molecule has 0 fully saturated rings. The van der Waals surface area contributed by atoms with Crippen molar-refractivity contribution in [1.29, 1.82) is 0 Å². The van der Waals surface area contributed by atoms with Crippen LogP contribution in [0.2, 0.25) is 0 Å². The predicted molar refractivity (Wildman–Crippen MR) is 64.7 cm³/mol. The average molecular weight is 236 g/mol. The molecule has 0 saturated heterocycles. The molecule has 0 radical (unpaired) electrons. The number of halogens is 1. The van der Waals surface area contributed by atoms with Gasteiger partial charge in [-0.3, -0.25) is 4.98 Å². The summed E-state index contributed by atoms with van der Waals surface area (Å²) in [7, 11) is 0. The Morgan fingerprint density at radius 1 is 1.25 bits per heavy atom. The molecule has 2 atom stereocenters. The Morgan fingerprint density at radius 2 is 1.94 bits per heavy atom. The van der Waals surface area contributed by atoms with Crippen LogP contribution in [0.4, 0.5) is 0 Å². The van der Waals surface area contributed by atoms with Gasteiger partial charge in [-0.15, -0.1) is 11.6 Å². The molecule has 3 heteroatoms. The number of aryl methyl sites for hydroxylation is 1. The molecule has 16 heavy (non-hydrogen) atoms. The second-order valence-corrected chi connectivity index (χ2v) is 4.43. The molecule has 0 N–H and O–H groups in total. The summed E-state index contributed by atoms with van der Waals surface area (Å²) in [4.78, 5) is 4.00. The van der Waals surface area contributed by atoms with E-state index in [0.717, 1.165) is 11.3 Å². The highest BCUT2D eigenvalue weighted by atomic mass is 35.5. The van der Waals surface area contributed by atoms with E-state index in [0.29, 0.717) is 0 Å². The van der Waals surface area contributed by atoms with Gasteiger partial charge in [0, 0.05) is 23.9 Å². The minimum Gasteiger partial charge on any atom is -0.469 e. The van der Waals surface area contributed by atoms with Crippen LogP contribution < -0.4 is 0 Å². The van der Waals surface area contributed by atoms with Crippen LogP contribution in [0.15, 0.2) is 41.3 Å². The molecule has 2 aromatic heterocycles. The van der Waals surface area contributed by atoms with E-state index in [1.54, 1.807) is 18.7 Å². The van der Waals surface area contributed by atoms with Gasteiger partial charge in [0.15, 0.2) is 0 Å². The highest BCUT2D eigenvalue weighted by Crippen LogP contribution is 2.36. The molecular formula is C13H14ClNO. The first-order valence-electron chi connectivity index (χ1n) is 5.27. The molecule has 0 amide bonds. The minimum absolute atomic E-state index is 0.0696. The normalized spacial score (nSPS) is 14.7. The van der Waals surface area contributed by atoms with Crippen molar-refractivity contribution in [2.24, 2.45) is 0 Å². The topological polar surface area (TPSA) is 26.0 Å². The SMILES string of the molecule is Cc1cc(C(Cl)C(C)c2ccncc2)co1. The second-order valence-electron chi connectivity index (χ2n) is 3.96. The van der Waals surface area contributed by atoms with Crippen molar-refractivity contribution < 1.29 is 4.42 Å². The number of rotatable bonds is 3. The number of hydrogen-bond acceptors (Lipinski definition) is 2. The fraction of sp³-hybridized carbons (Fsp3) is 0.308. The molecule has 2 heterocycles. The van der Waals surface area contributed by atoms with Crippen LogP contribution in [0.25, 0.3) is 0 Å². The van der Waals surface area contributed by atoms with Crippen LogP contribution in [0.5, 0.6) is 0 Å². The lowest BCUT2D eigenvalue weighted by Crippen LogP contribution is -2.01.